The minimum Gasteiger partial charge on any atom is -0.486 e. The van der Waals surface area contributed by atoms with Crippen molar-refractivity contribution in [1.29, 1.82) is 0 Å². The molecule has 2 atom stereocenters. The van der Waals surface area contributed by atoms with Crippen molar-refractivity contribution in [3.8, 4) is 11.5 Å². The summed E-state index contributed by atoms with van der Waals surface area (Å²) in [5.74, 6) is 2.19. The van der Waals surface area contributed by atoms with Crippen LogP contribution in [0.25, 0.3) is 0 Å². The monoisotopic (exact) mass is 343 g/mol. The molecule has 0 radical (unpaired) electrons. The van der Waals surface area contributed by atoms with Crippen molar-refractivity contribution in [2.45, 2.75) is 32.5 Å². The summed E-state index contributed by atoms with van der Waals surface area (Å²) in [6, 6.07) is 6.07. The van der Waals surface area contributed by atoms with E-state index in [2.05, 4.69) is 29.6 Å². The number of aromatic nitrogens is 2. The van der Waals surface area contributed by atoms with Crippen LogP contribution in [0, 0.1) is 5.92 Å². The molecule has 6 nitrogen and oxygen atoms in total. The van der Waals surface area contributed by atoms with E-state index in [0.717, 1.165) is 49.7 Å². The van der Waals surface area contributed by atoms with Crippen LogP contribution in [0.4, 0.5) is 0 Å². The first-order valence-electron chi connectivity index (χ1n) is 9.07. The molecule has 4 rings (SSSR count). The Morgan fingerprint density at radius 3 is 3.04 bits per heavy atom. The Kier molecular flexibility index (Phi) is 4.90. The molecule has 25 heavy (non-hydrogen) atoms. The summed E-state index contributed by atoms with van der Waals surface area (Å²) in [7, 11) is 0. The van der Waals surface area contributed by atoms with E-state index in [1.165, 1.54) is 5.56 Å². The van der Waals surface area contributed by atoms with Gasteiger partial charge in [0, 0.05) is 49.5 Å². The van der Waals surface area contributed by atoms with E-state index < -0.39 is 0 Å². The number of nitrogens with one attached hydrogen (secondary N) is 1. The van der Waals surface area contributed by atoms with Crippen LogP contribution in [0.1, 0.15) is 30.6 Å². The number of ether oxygens (including phenoxy) is 3. The van der Waals surface area contributed by atoms with Gasteiger partial charge in [-0.15, -0.1) is 0 Å². The van der Waals surface area contributed by atoms with E-state index in [0.29, 0.717) is 19.1 Å². The number of fused-ring (bicyclic) bond motifs is 1. The normalized spacial score (nSPS) is 22.3. The summed E-state index contributed by atoms with van der Waals surface area (Å²) < 4.78 is 19.3. The molecule has 6 heteroatoms. The smallest absolute Gasteiger partial charge is 0.165 e. The van der Waals surface area contributed by atoms with Crippen LogP contribution in [-0.2, 0) is 17.8 Å². The highest BCUT2D eigenvalue weighted by Gasteiger charge is 2.30. The molecule has 134 valence electrons. The average Bonchev–Trinajstić information content (AvgIpc) is 3.30. The second-order valence-corrected chi connectivity index (χ2v) is 6.54. The van der Waals surface area contributed by atoms with Gasteiger partial charge in [0.05, 0.1) is 12.3 Å². The van der Waals surface area contributed by atoms with Crippen molar-refractivity contribution in [2.24, 2.45) is 5.92 Å². The van der Waals surface area contributed by atoms with Gasteiger partial charge in [0.1, 0.15) is 13.2 Å². The molecule has 0 spiro atoms. The van der Waals surface area contributed by atoms with Gasteiger partial charge in [0.15, 0.2) is 11.5 Å². The Balaban J connectivity index is 1.36. The van der Waals surface area contributed by atoms with Gasteiger partial charge in [0.2, 0.25) is 0 Å². The molecule has 2 aliphatic heterocycles. The zero-order valence-corrected chi connectivity index (χ0v) is 14.6. The van der Waals surface area contributed by atoms with Gasteiger partial charge < -0.3 is 19.5 Å². The Hall–Kier alpha value is -2.05. The van der Waals surface area contributed by atoms with Crippen molar-refractivity contribution in [1.82, 2.24) is 15.1 Å². The van der Waals surface area contributed by atoms with Crippen LogP contribution >= 0.6 is 0 Å². The predicted molar refractivity (Wildman–Crippen MR) is 93.8 cm³/mol. The molecule has 0 aliphatic carbocycles. The number of nitrogens with zero attached hydrogens (tertiary/aromatic N) is 2. The third-order valence-corrected chi connectivity index (χ3v) is 4.89. The van der Waals surface area contributed by atoms with Crippen molar-refractivity contribution in [2.75, 3.05) is 26.4 Å². The Morgan fingerprint density at radius 2 is 2.16 bits per heavy atom. The standard InChI is InChI=1S/C19H25N3O3/c1-2-22-13-16(12-21-22)18-15(6-7-24-18)11-20-10-14-4-3-5-17-19(14)25-9-8-23-17/h3-5,12-13,15,18,20H,2,6-11H2,1H3. The van der Waals surface area contributed by atoms with Crippen LogP contribution in [-0.4, -0.2) is 36.1 Å². The topological polar surface area (TPSA) is 57.5 Å². The maximum absolute atomic E-state index is 5.96. The van der Waals surface area contributed by atoms with Gasteiger partial charge in [-0.2, -0.15) is 5.10 Å². The van der Waals surface area contributed by atoms with E-state index in [1.807, 2.05) is 23.0 Å². The minimum absolute atomic E-state index is 0.136. The first kappa shape index (κ1) is 16.4. The Morgan fingerprint density at radius 1 is 1.24 bits per heavy atom. The third-order valence-electron chi connectivity index (χ3n) is 4.89. The van der Waals surface area contributed by atoms with Crippen LogP contribution in [0.5, 0.6) is 11.5 Å². The van der Waals surface area contributed by atoms with Crippen molar-refractivity contribution in [3.63, 3.8) is 0 Å². The zero-order chi connectivity index (χ0) is 17.1. The fourth-order valence-electron chi connectivity index (χ4n) is 3.58. The van der Waals surface area contributed by atoms with Crippen molar-refractivity contribution >= 4 is 0 Å². The zero-order valence-electron chi connectivity index (χ0n) is 14.6. The Bertz CT molecular complexity index is 716. The lowest BCUT2D eigenvalue weighted by atomic mass is 9.97. The largest absolute Gasteiger partial charge is 0.486 e. The highest BCUT2D eigenvalue weighted by molar-refractivity contribution is 5.47. The van der Waals surface area contributed by atoms with Crippen LogP contribution in [0.2, 0.25) is 0 Å². The average molecular weight is 343 g/mol. The van der Waals surface area contributed by atoms with Gasteiger partial charge in [-0.3, -0.25) is 4.68 Å². The van der Waals surface area contributed by atoms with E-state index in [9.17, 15) is 0 Å². The number of hydrogen-bond donors (Lipinski definition) is 1. The van der Waals surface area contributed by atoms with Crippen LogP contribution < -0.4 is 14.8 Å². The minimum atomic E-state index is 0.136. The fraction of sp³-hybridized carbons (Fsp3) is 0.526. The molecule has 2 aliphatic rings. The molecule has 1 fully saturated rings. The lowest BCUT2D eigenvalue weighted by molar-refractivity contribution is 0.0903. The Labute approximate surface area is 148 Å². The lowest BCUT2D eigenvalue weighted by Crippen LogP contribution is -2.25. The lowest BCUT2D eigenvalue weighted by Gasteiger charge is -2.22. The quantitative estimate of drug-likeness (QED) is 0.873. The molecular formula is C19H25N3O3. The van der Waals surface area contributed by atoms with Gasteiger partial charge >= 0.3 is 0 Å². The van der Waals surface area contributed by atoms with Gasteiger partial charge in [0.25, 0.3) is 0 Å². The number of aryl methyl sites for hydroxylation is 1. The number of rotatable bonds is 6. The number of hydrogen-bond acceptors (Lipinski definition) is 5. The first-order valence-corrected chi connectivity index (χ1v) is 9.07. The number of para-hydroxylation sites is 1. The molecule has 0 bridgehead atoms. The molecule has 1 aromatic carbocycles. The molecule has 1 aromatic heterocycles. The summed E-state index contributed by atoms with van der Waals surface area (Å²) in [4.78, 5) is 0. The number of benzene rings is 1. The summed E-state index contributed by atoms with van der Waals surface area (Å²) in [6.07, 6.45) is 5.24. The highest BCUT2D eigenvalue weighted by atomic mass is 16.6. The summed E-state index contributed by atoms with van der Waals surface area (Å²) in [5, 5.41) is 7.95. The summed E-state index contributed by atoms with van der Waals surface area (Å²) in [6.45, 7) is 6.71. The third kappa shape index (κ3) is 3.50. The molecule has 2 aromatic rings. The van der Waals surface area contributed by atoms with Crippen LogP contribution in [0.3, 0.4) is 0 Å². The second-order valence-electron chi connectivity index (χ2n) is 6.54. The molecular weight excluding hydrogens is 318 g/mol. The van der Waals surface area contributed by atoms with Gasteiger partial charge in [-0.05, 0) is 19.4 Å². The van der Waals surface area contributed by atoms with E-state index in [1.54, 1.807) is 0 Å². The highest BCUT2D eigenvalue weighted by Crippen LogP contribution is 2.35. The molecule has 0 saturated carbocycles. The molecule has 1 saturated heterocycles. The van der Waals surface area contributed by atoms with Crippen LogP contribution in [0.15, 0.2) is 30.6 Å². The predicted octanol–water partition coefficient (Wildman–Crippen LogP) is 2.54. The molecule has 0 amide bonds. The van der Waals surface area contributed by atoms with E-state index in [-0.39, 0.29) is 6.10 Å². The first-order chi connectivity index (χ1) is 12.3. The fourth-order valence-corrected chi connectivity index (χ4v) is 3.58. The second kappa shape index (κ2) is 7.45. The van der Waals surface area contributed by atoms with Gasteiger partial charge in [-0.25, -0.2) is 0 Å². The van der Waals surface area contributed by atoms with E-state index >= 15 is 0 Å². The maximum atomic E-state index is 5.96. The van der Waals surface area contributed by atoms with Crippen molar-refractivity contribution in [3.05, 3.63) is 41.7 Å². The molecule has 1 N–H and O–H groups in total. The van der Waals surface area contributed by atoms with Crippen molar-refractivity contribution < 1.29 is 14.2 Å². The summed E-state index contributed by atoms with van der Waals surface area (Å²) in [5.41, 5.74) is 2.33. The molecule has 3 heterocycles. The molecule has 2 unspecified atom stereocenters. The van der Waals surface area contributed by atoms with Gasteiger partial charge in [-0.1, -0.05) is 12.1 Å². The van der Waals surface area contributed by atoms with E-state index in [4.69, 9.17) is 14.2 Å². The maximum Gasteiger partial charge on any atom is 0.165 e. The summed E-state index contributed by atoms with van der Waals surface area (Å²) >= 11 is 0. The SMILES string of the molecule is CCn1cc(C2OCCC2CNCc2cccc3c2OCCO3)cn1.